The molecule has 17 heavy (non-hydrogen) atoms. The van der Waals surface area contributed by atoms with Crippen molar-refractivity contribution in [3.63, 3.8) is 0 Å². The second kappa shape index (κ2) is 7.29. The van der Waals surface area contributed by atoms with Gasteiger partial charge in [0.1, 0.15) is 0 Å². The third-order valence-corrected chi connectivity index (χ3v) is 2.81. The van der Waals surface area contributed by atoms with Crippen LogP contribution in [0.5, 0.6) is 0 Å². The number of hydrogen-bond donors (Lipinski definition) is 2. The van der Waals surface area contributed by atoms with Gasteiger partial charge in [-0.15, -0.1) is 0 Å². The highest BCUT2D eigenvalue weighted by molar-refractivity contribution is 9.10. The van der Waals surface area contributed by atoms with E-state index in [4.69, 9.17) is 10.5 Å². The van der Waals surface area contributed by atoms with Crippen molar-refractivity contribution < 1.29 is 9.53 Å². The Hall–Kier alpha value is -1.07. The van der Waals surface area contributed by atoms with Crippen molar-refractivity contribution in [3.05, 3.63) is 28.2 Å². The van der Waals surface area contributed by atoms with Crippen LogP contribution in [0.3, 0.4) is 0 Å². The van der Waals surface area contributed by atoms with Gasteiger partial charge in [0.2, 0.25) is 0 Å². The van der Waals surface area contributed by atoms with Crippen LogP contribution >= 0.6 is 15.9 Å². The van der Waals surface area contributed by atoms with Gasteiger partial charge in [-0.3, -0.25) is 4.79 Å². The summed E-state index contributed by atoms with van der Waals surface area (Å²) in [6.07, 6.45) is 1.84. The van der Waals surface area contributed by atoms with Crippen LogP contribution in [0.4, 0.5) is 5.69 Å². The molecule has 1 aromatic rings. The lowest BCUT2D eigenvalue weighted by atomic mass is 10.1. The Bertz CT molecular complexity index is 383. The van der Waals surface area contributed by atoms with Crippen molar-refractivity contribution in [1.82, 2.24) is 5.32 Å². The van der Waals surface area contributed by atoms with Crippen molar-refractivity contribution in [2.24, 2.45) is 0 Å². The number of hydrogen-bond acceptors (Lipinski definition) is 3. The summed E-state index contributed by atoms with van der Waals surface area (Å²) in [5.74, 6) is -0.132. The van der Waals surface area contributed by atoms with Gasteiger partial charge in [-0.1, -0.05) is 15.9 Å². The topological polar surface area (TPSA) is 64.3 Å². The van der Waals surface area contributed by atoms with Gasteiger partial charge >= 0.3 is 0 Å². The van der Waals surface area contributed by atoms with E-state index in [1.165, 1.54) is 0 Å². The van der Waals surface area contributed by atoms with Crippen molar-refractivity contribution in [2.75, 3.05) is 26.0 Å². The number of carbonyl (C=O) groups is 1. The zero-order valence-electron chi connectivity index (χ0n) is 9.83. The highest BCUT2D eigenvalue weighted by atomic mass is 79.9. The molecule has 0 heterocycles. The standard InChI is InChI=1S/C12H17BrN2O2/c1-17-7-3-2-6-15-12(16)10-5-4-9(13)8-11(10)14/h4-5,8H,2-3,6-7,14H2,1H3,(H,15,16). The zero-order valence-corrected chi connectivity index (χ0v) is 11.4. The van der Waals surface area contributed by atoms with E-state index in [0.717, 1.165) is 23.9 Å². The first-order valence-electron chi connectivity index (χ1n) is 5.47. The van der Waals surface area contributed by atoms with Crippen LogP contribution in [0, 0.1) is 0 Å². The molecule has 1 rings (SSSR count). The first-order valence-corrected chi connectivity index (χ1v) is 6.26. The zero-order chi connectivity index (χ0) is 12.7. The molecule has 0 bridgehead atoms. The fraction of sp³-hybridized carbons (Fsp3) is 0.417. The van der Waals surface area contributed by atoms with E-state index in [1.54, 1.807) is 25.3 Å². The normalized spacial score (nSPS) is 10.2. The van der Waals surface area contributed by atoms with Crippen molar-refractivity contribution in [1.29, 1.82) is 0 Å². The summed E-state index contributed by atoms with van der Waals surface area (Å²) in [5, 5.41) is 2.83. The Morgan fingerprint density at radius 3 is 2.88 bits per heavy atom. The number of carbonyl (C=O) groups excluding carboxylic acids is 1. The van der Waals surface area contributed by atoms with E-state index in [9.17, 15) is 4.79 Å². The second-order valence-corrected chi connectivity index (χ2v) is 4.60. The lowest BCUT2D eigenvalue weighted by Crippen LogP contribution is -2.25. The number of benzene rings is 1. The molecule has 0 spiro atoms. The maximum absolute atomic E-state index is 11.8. The Morgan fingerprint density at radius 2 is 2.24 bits per heavy atom. The molecule has 0 atom stereocenters. The van der Waals surface area contributed by atoms with Gasteiger partial charge in [-0.2, -0.15) is 0 Å². The second-order valence-electron chi connectivity index (χ2n) is 3.69. The summed E-state index contributed by atoms with van der Waals surface area (Å²) in [7, 11) is 1.67. The third-order valence-electron chi connectivity index (χ3n) is 2.32. The van der Waals surface area contributed by atoms with E-state index in [-0.39, 0.29) is 5.91 Å². The summed E-state index contributed by atoms with van der Waals surface area (Å²) in [6.45, 7) is 1.36. The molecule has 0 saturated heterocycles. The van der Waals surface area contributed by atoms with E-state index < -0.39 is 0 Å². The molecule has 0 fully saturated rings. The fourth-order valence-corrected chi connectivity index (χ4v) is 1.79. The van der Waals surface area contributed by atoms with Gasteiger partial charge < -0.3 is 15.8 Å². The predicted octanol–water partition coefficient (Wildman–Crippen LogP) is 2.19. The maximum Gasteiger partial charge on any atom is 0.253 e. The first kappa shape index (κ1) is 14.0. The summed E-state index contributed by atoms with van der Waals surface area (Å²) < 4.78 is 5.80. The average Bonchev–Trinajstić information content (AvgIpc) is 2.28. The minimum atomic E-state index is -0.132. The Kier molecular flexibility index (Phi) is 6.00. The van der Waals surface area contributed by atoms with Crippen LogP contribution in [0.1, 0.15) is 23.2 Å². The summed E-state index contributed by atoms with van der Waals surface area (Å²) in [4.78, 5) is 11.8. The molecule has 94 valence electrons. The minimum Gasteiger partial charge on any atom is -0.398 e. The van der Waals surface area contributed by atoms with Crippen molar-refractivity contribution >= 4 is 27.5 Å². The highest BCUT2D eigenvalue weighted by Gasteiger charge is 2.08. The summed E-state index contributed by atoms with van der Waals surface area (Å²) >= 11 is 3.30. The van der Waals surface area contributed by atoms with E-state index in [0.29, 0.717) is 17.8 Å². The Morgan fingerprint density at radius 1 is 1.47 bits per heavy atom. The number of rotatable bonds is 6. The smallest absolute Gasteiger partial charge is 0.253 e. The van der Waals surface area contributed by atoms with Gasteiger partial charge in [0.25, 0.3) is 5.91 Å². The molecule has 0 unspecified atom stereocenters. The molecule has 0 saturated carbocycles. The van der Waals surface area contributed by atoms with Gasteiger partial charge in [-0.25, -0.2) is 0 Å². The van der Waals surface area contributed by atoms with Crippen LogP contribution in [-0.4, -0.2) is 26.2 Å². The molecule has 1 aromatic carbocycles. The number of ether oxygens (including phenoxy) is 1. The van der Waals surface area contributed by atoms with Crippen LogP contribution in [-0.2, 0) is 4.74 Å². The maximum atomic E-state index is 11.8. The number of amides is 1. The summed E-state index contributed by atoms with van der Waals surface area (Å²) in [5.41, 5.74) is 6.76. The SMILES string of the molecule is COCCCCNC(=O)c1ccc(Br)cc1N. The predicted molar refractivity (Wildman–Crippen MR) is 72.0 cm³/mol. The van der Waals surface area contributed by atoms with E-state index in [2.05, 4.69) is 21.2 Å². The molecule has 0 radical (unpaired) electrons. The number of anilines is 1. The largest absolute Gasteiger partial charge is 0.398 e. The monoisotopic (exact) mass is 300 g/mol. The number of nitrogens with two attached hydrogens (primary N) is 1. The number of halogens is 1. The number of unbranched alkanes of at least 4 members (excludes halogenated alkanes) is 1. The first-order chi connectivity index (χ1) is 8.15. The van der Waals surface area contributed by atoms with Crippen molar-refractivity contribution in [3.8, 4) is 0 Å². The quantitative estimate of drug-likeness (QED) is 0.625. The van der Waals surface area contributed by atoms with Gasteiger partial charge in [0.05, 0.1) is 5.56 Å². The molecule has 1 amide bonds. The minimum absolute atomic E-state index is 0.132. The summed E-state index contributed by atoms with van der Waals surface area (Å²) in [6, 6.07) is 5.24. The molecule has 0 aromatic heterocycles. The fourth-order valence-electron chi connectivity index (χ4n) is 1.41. The molecular weight excluding hydrogens is 284 g/mol. The molecule has 5 heteroatoms. The molecular formula is C12H17BrN2O2. The molecule has 0 aliphatic rings. The van der Waals surface area contributed by atoms with Gasteiger partial charge in [-0.05, 0) is 31.0 Å². The molecule has 3 N–H and O–H groups in total. The highest BCUT2D eigenvalue weighted by Crippen LogP contribution is 2.18. The van der Waals surface area contributed by atoms with Crippen LogP contribution in [0.25, 0.3) is 0 Å². The molecule has 4 nitrogen and oxygen atoms in total. The van der Waals surface area contributed by atoms with Crippen molar-refractivity contribution in [2.45, 2.75) is 12.8 Å². The van der Waals surface area contributed by atoms with E-state index >= 15 is 0 Å². The van der Waals surface area contributed by atoms with Crippen LogP contribution in [0.2, 0.25) is 0 Å². The van der Waals surface area contributed by atoms with Crippen LogP contribution < -0.4 is 11.1 Å². The third kappa shape index (κ3) is 4.75. The number of methoxy groups -OCH3 is 1. The number of nitrogens with one attached hydrogen (secondary N) is 1. The lowest BCUT2D eigenvalue weighted by molar-refractivity contribution is 0.0952. The van der Waals surface area contributed by atoms with Gasteiger partial charge in [0.15, 0.2) is 0 Å². The Labute approximate surface area is 110 Å². The van der Waals surface area contributed by atoms with Crippen LogP contribution in [0.15, 0.2) is 22.7 Å². The molecule has 0 aliphatic heterocycles. The average molecular weight is 301 g/mol. The molecule has 0 aliphatic carbocycles. The van der Waals surface area contributed by atoms with Gasteiger partial charge in [0, 0.05) is 30.4 Å². The number of nitrogen functional groups attached to an aromatic ring is 1. The Balaban J connectivity index is 2.42. The van der Waals surface area contributed by atoms with E-state index in [1.807, 2.05) is 0 Å². The lowest BCUT2D eigenvalue weighted by Gasteiger charge is -2.07.